The van der Waals surface area contributed by atoms with Crippen molar-refractivity contribution < 1.29 is 27.9 Å². The number of hydrogen-bond acceptors (Lipinski definition) is 3. The number of rotatable bonds is 6. The Morgan fingerprint density at radius 2 is 2.04 bits per heavy atom. The van der Waals surface area contributed by atoms with Crippen molar-refractivity contribution in [3.8, 4) is 5.69 Å². The van der Waals surface area contributed by atoms with Crippen LogP contribution in [0.4, 0.5) is 23.7 Å². The molecule has 1 aromatic carbocycles. The van der Waals surface area contributed by atoms with Crippen molar-refractivity contribution >= 4 is 17.7 Å². The highest BCUT2D eigenvalue weighted by Crippen LogP contribution is 2.31. The Labute approximate surface area is 153 Å². The van der Waals surface area contributed by atoms with Crippen LogP contribution in [0.15, 0.2) is 30.5 Å². The zero-order chi connectivity index (χ0) is 20.2. The van der Waals surface area contributed by atoms with Gasteiger partial charge in [-0.3, -0.25) is 4.79 Å². The Kier molecular flexibility index (Phi) is 6.09. The standard InChI is InChI=1S/C17H19F3N4O3/c1-3-14-13(22-16(27)23(2)8-7-15(25)26)10-21-24(14)12-6-4-5-11(9-12)17(18,19)20/h4-6,9-10H,3,7-8H2,1-2H3,(H,22,27)(H,25,26). The van der Waals surface area contributed by atoms with Crippen LogP contribution in [0, 0.1) is 0 Å². The van der Waals surface area contributed by atoms with E-state index in [0.29, 0.717) is 17.8 Å². The number of urea groups is 1. The highest BCUT2D eigenvalue weighted by molar-refractivity contribution is 5.90. The molecule has 7 nitrogen and oxygen atoms in total. The number of alkyl halides is 3. The van der Waals surface area contributed by atoms with Crippen LogP contribution in [0.5, 0.6) is 0 Å². The summed E-state index contributed by atoms with van der Waals surface area (Å²) in [7, 11) is 1.45. The number of aromatic nitrogens is 2. The Balaban J connectivity index is 2.25. The first-order valence-electron chi connectivity index (χ1n) is 8.12. The minimum atomic E-state index is -4.47. The fraction of sp³-hybridized carbons (Fsp3) is 0.353. The van der Waals surface area contributed by atoms with Crippen molar-refractivity contribution in [1.29, 1.82) is 0 Å². The van der Waals surface area contributed by atoms with E-state index in [1.54, 1.807) is 6.92 Å². The number of nitrogens with one attached hydrogen (secondary N) is 1. The molecule has 0 aliphatic rings. The Hall–Kier alpha value is -3.04. The van der Waals surface area contributed by atoms with Crippen molar-refractivity contribution in [2.45, 2.75) is 25.9 Å². The van der Waals surface area contributed by atoms with E-state index < -0.39 is 23.7 Å². The number of halogens is 3. The third-order valence-electron chi connectivity index (χ3n) is 3.87. The topological polar surface area (TPSA) is 87.5 Å². The van der Waals surface area contributed by atoms with Crippen LogP contribution in [0.1, 0.15) is 24.6 Å². The summed E-state index contributed by atoms with van der Waals surface area (Å²) in [6.07, 6.45) is -2.92. The van der Waals surface area contributed by atoms with E-state index in [1.807, 2.05) is 0 Å². The third kappa shape index (κ3) is 4.99. The Morgan fingerprint density at radius 1 is 1.33 bits per heavy atom. The summed E-state index contributed by atoms with van der Waals surface area (Å²) in [4.78, 5) is 24.0. The van der Waals surface area contributed by atoms with Crippen molar-refractivity contribution in [3.05, 3.63) is 41.7 Å². The Morgan fingerprint density at radius 3 is 2.63 bits per heavy atom. The van der Waals surface area contributed by atoms with E-state index >= 15 is 0 Å². The first-order valence-corrected chi connectivity index (χ1v) is 8.12. The second-order valence-electron chi connectivity index (χ2n) is 5.81. The number of carbonyl (C=O) groups excluding carboxylic acids is 1. The molecule has 0 fully saturated rings. The van der Waals surface area contributed by atoms with Crippen LogP contribution in [-0.2, 0) is 17.4 Å². The molecule has 1 heterocycles. The van der Waals surface area contributed by atoms with Gasteiger partial charge < -0.3 is 15.3 Å². The molecule has 0 unspecified atom stereocenters. The number of aliphatic carboxylic acids is 1. The molecule has 2 rings (SSSR count). The first kappa shape index (κ1) is 20.3. The molecular weight excluding hydrogens is 365 g/mol. The molecular formula is C17H19F3N4O3. The maximum Gasteiger partial charge on any atom is 0.416 e. The first-order chi connectivity index (χ1) is 12.6. The van der Waals surface area contributed by atoms with Crippen LogP contribution in [0.25, 0.3) is 5.69 Å². The molecule has 0 aliphatic heterocycles. The van der Waals surface area contributed by atoms with Gasteiger partial charge >= 0.3 is 18.2 Å². The maximum atomic E-state index is 12.9. The second kappa shape index (κ2) is 8.11. The van der Waals surface area contributed by atoms with E-state index in [2.05, 4.69) is 10.4 Å². The molecule has 0 saturated carbocycles. The monoisotopic (exact) mass is 384 g/mol. The lowest BCUT2D eigenvalue weighted by molar-refractivity contribution is -0.138. The number of nitrogens with zero attached hydrogens (tertiary/aromatic N) is 3. The number of carboxylic acids is 1. The number of benzene rings is 1. The molecule has 146 valence electrons. The van der Waals surface area contributed by atoms with E-state index in [4.69, 9.17) is 5.11 Å². The largest absolute Gasteiger partial charge is 0.481 e. The van der Waals surface area contributed by atoms with Crippen molar-refractivity contribution in [1.82, 2.24) is 14.7 Å². The minimum absolute atomic E-state index is 0.0182. The SMILES string of the molecule is CCc1c(NC(=O)N(C)CCC(=O)O)cnn1-c1cccc(C(F)(F)F)c1. The normalized spacial score (nSPS) is 11.3. The molecule has 0 saturated heterocycles. The van der Waals surface area contributed by atoms with Crippen molar-refractivity contribution in [2.24, 2.45) is 0 Å². The van der Waals surface area contributed by atoms with Crippen LogP contribution < -0.4 is 5.32 Å². The fourth-order valence-corrected chi connectivity index (χ4v) is 2.43. The number of amides is 2. The van der Waals surface area contributed by atoms with Gasteiger partial charge in [-0.05, 0) is 24.6 Å². The fourth-order valence-electron chi connectivity index (χ4n) is 2.43. The van der Waals surface area contributed by atoms with Gasteiger partial charge in [-0.1, -0.05) is 13.0 Å². The molecule has 0 spiro atoms. The Bertz CT molecular complexity index is 833. The van der Waals surface area contributed by atoms with Gasteiger partial charge in [0.1, 0.15) is 0 Å². The number of anilines is 1. The van der Waals surface area contributed by atoms with Crippen LogP contribution in [0.3, 0.4) is 0 Å². The summed E-state index contributed by atoms with van der Waals surface area (Å²) >= 11 is 0. The zero-order valence-electron chi connectivity index (χ0n) is 14.7. The maximum absolute atomic E-state index is 12.9. The smallest absolute Gasteiger partial charge is 0.416 e. The third-order valence-corrected chi connectivity index (χ3v) is 3.87. The minimum Gasteiger partial charge on any atom is -0.481 e. The van der Waals surface area contributed by atoms with E-state index in [0.717, 1.165) is 12.1 Å². The van der Waals surface area contributed by atoms with Crippen LogP contribution >= 0.6 is 0 Å². The van der Waals surface area contributed by atoms with Gasteiger partial charge in [0.2, 0.25) is 0 Å². The molecule has 1 aromatic heterocycles. The van der Waals surface area contributed by atoms with Gasteiger partial charge in [0, 0.05) is 13.6 Å². The molecule has 10 heteroatoms. The number of carboxylic acid groups (broad SMARTS) is 1. The molecule has 2 amide bonds. The summed E-state index contributed by atoms with van der Waals surface area (Å²) in [6.45, 7) is 1.80. The van der Waals surface area contributed by atoms with E-state index in [1.165, 1.54) is 35.0 Å². The molecule has 2 aromatic rings. The number of carbonyl (C=O) groups is 2. The van der Waals surface area contributed by atoms with Crippen LogP contribution in [0.2, 0.25) is 0 Å². The summed E-state index contributed by atoms with van der Waals surface area (Å²) in [6, 6.07) is 4.20. The lowest BCUT2D eigenvalue weighted by Gasteiger charge is -2.17. The average Bonchev–Trinajstić information content (AvgIpc) is 3.01. The lowest BCUT2D eigenvalue weighted by Crippen LogP contribution is -2.33. The lowest BCUT2D eigenvalue weighted by atomic mass is 10.2. The highest BCUT2D eigenvalue weighted by Gasteiger charge is 2.30. The molecule has 2 N–H and O–H groups in total. The molecule has 0 atom stereocenters. The summed E-state index contributed by atoms with van der Waals surface area (Å²) < 4.78 is 40.1. The molecule has 0 bridgehead atoms. The summed E-state index contributed by atoms with van der Waals surface area (Å²) in [5.74, 6) is -1.03. The van der Waals surface area contributed by atoms with Gasteiger partial charge in [-0.2, -0.15) is 18.3 Å². The second-order valence-corrected chi connectivity index (χ2v) is 5.81. The highest BCUT2D eigenvalue weighted by atomic mass is 19.4. The predicted molar refractivity (Wildman–Crippen MR) is 91.8 cm³/mol. The predicted octanol–water partition coefficient (Wildman–Crippen LogP) is 3.39. The van der Waals surface area contributed by atoms with Gasteiger partial charge in [-0.25, -0.2) is 9.48 Å². The molecule has 0 radical (unpaired) electrons. The summed E-state index contributed by atoms with van der Waals surface area (Å²) in [5.41, 5.74) is 0.300. The van der Waals surface area contributed by atoms with Gasteiger partial charge in [0.25, 0.3) is 0 Å². The van der Waals surface area contributed by atoms with Crippen molar-refractivity contribution in [2.75, 3.05) is 18.9 Å². The van der Waals surface area contributed by atoms with Gasteiger partial charge in [-0.15, -0.1) is 0 Å². The zero-order valence-corrected chi connectivity index (χ0v) is 14.7. The van der Waals surface area contributed by atoms with Crippen molar-refractivity contribution in [3.63, 3.8) is 0 Å². The molecule has 0 aliphatic carbocycles. The van der Waals surface area contributed by atoms with Gasteiger partial charge in [0.15, 0.2) is 0 Å². The van der Waals surface area contributed by atoms with Gasteiger partial charge in [0.05, 0.1) is 35.2 Å². The summed E-state index contributed by atoms with van der Waals surface area (Å²) in [5, 5.41) is 15.4. The quantitative estimate of drug-likeness (QED) is 0.799. The van der Waals surface area contributed by atoms with E-state index in [9.17, 15) is 22.8 Å². The average molecular weight is 384 g/mol. The van der Waals surface area contributed by atoms with E-state index in [-0.39, 0.29) is 18.7 Å². The number of hydrogen-bond donors (Lipinski definition) is 2. The van der Waals surface area contributed by atoms with Crippen LogP contribution in [-0.4, -0.2) is 45.4 Å². The molecule has 27 heavy (non-hydrogen) atoms.